The zero-order valence-corrected chi connectivity index (χ0v) is 12.0. The summed E-state index contributed by atoms with van der Waals surface area (Å²) in [5.74, 6) is 0. The average molecular weight is 320 g/mol. The highest BCUT2D eigenvalue weighted by molar-refractivity contribution is 6.55. The normalized spacial score (nSPS) is 11.5. The molecule has 2 aromatic rings. The Balaban J connectivity index is 2.74. The van der Waals surface area contributed by atoms with E-state index in [-0.39, 0.29) is 26.9 Å². The van der Waals surface area contributed by atoms with Gasteiger partial charge in [0.2, 0.25) is 0 Å². The summed E-state index contributed by atoms with van der Waals surface area (Å²) in [7, 11) is 0. The van der Waals surface area contributed by atoms with Crippen molar-refractivity contribution in [1.82, 2.24) is 4.98 Å². The maximum atomic E-state index is 11.1. The topological polar surface area (TPSA) is 79.8 Å². The molecule has 21 heavy (non-hydrogen) atoms. The van der Waals surface area contributed by atoms with Crippen LogP contribution >= 0.6 is 23.2 Å². The summed E-state index contributed by atoms with van der Waals surface area (Å²) < 4.78 is 0. The van der Waals surface area contributed by atoms with Crippen molar-refractivity contribution in [2.75, 3.05) is 0 Å². The number of benzene rings is 1. The van der Waals surface area contributed by atoms with Gasteiger partial charge in [0, 0.05) is 18.5 Å². The molecule has 0 radical (unpaired) electrons. The SMILES string of the molecule is N#C/C(=C(\Cl)c1c(Cl)cccc1[N+](=O)[O-])c1ccncc1. The Bertz CT molecular complexity index is 768. The zero-order valence-electron chi connectivity index (χ0n) is 10.5. The number of hydrogen-bond donors (Lipinski definition) is 0. The van der Waals surface area contributed by atoms with Crippen molar-refractivity contribution < 1.29 is 4.92 Å². The number of nitriles is 1. The molecule has 0 atom stereocenters. The Hall–Kier alpha value is -2.42. The van der Waals surface area contributed by atoms with Crippen molar-refractivity contribution in [3.05, 3.63) is 69.0 Å². The van der Waals surface area contributed by atoms with Crippen LogP contribution < -0.4 is 0 Å². The van der Waals surface area contributed by atoms with Crippen molar-refractivity contribution in [1.29, 1.82) is 5.26 Å². The minimum Gasteiger partial charge on any atom is -0.265 e. The molecule has 104 valence electrons. The molecule has 7 heteroatoms. The molecule has 0 fully saturated rings. The Labute approximate surface area is 130 Å². The van der Waals surface area contributed by atoms with E-state index in [4.69, 9.17) is 23.2 Å². The van der Waals surface area contributed by atoms with Gasteiger partial charge in [0.25, 0.3) is 5.69 Å². The van der Waals surface area contributed by atoms with Crippen LogP contribution in [0.1, 0.15) is 11.1 Å². The zero-order chi connectivity index (χ0) is 15.4. The lowest BCUT2D eigenvalue weighted by molar-refractivity contribution is -0.385. The van der Waals surface area contributed by atoms with Gasteiger partial charge in [0.1, 0.15) is 6.07 Å². The summed E-state index contributed by atoms with van der Waals surface area (Å²) in [4.78, 5) is 14.4. The van der Waals surface area contributed by atoms with Crippen molar-refractivity contribution in [2.24, 2.45) is 0 Å². The van der Waals surface area contributed by atoms with E-state index in [1.807, 2.05) is 6.07 Å². The Kier molecular flexibility index (Phi) is 4.53. The van der Waals surface area contributed by atoms with Crippen molar-refractivity contribution >= 4 is 39.5 Å². The van der Waals surface area contributed by atoms with Gasteiger partial charge in [-0.05, 0) is 23.8 Å². The smallest absolute Gasteiger partial charge is 0.265 e. The predicted molar refractivity (Wildman–Crippen MR) is 80.6 cm³/mol. The van der Waals surface area contributed by atoms with Crippen LogP contribution in [0.5, 0.6) is 0 Å². The fraction of sp³-hybridized carbons (Fsp3) is 0. The Morgan fingerprint density at radius 3 is 2.52 bits per heavy atom. The summed E-state index contributed by atoms with van der Waals surface area (Å²) in [6.45, 7) is 0. The highest BCUT2D eigenvalue weighted by atomic mass is 35.5. The van der Waals surface area contributed by atoms with Crippen LogP contribution in [0.25, 0.3) is 10.6 Å². The predicted octanol–water partition coefficient (Wildman–Crippen LogP) is 4.27. The van der Waals surface area contributed by atoms with Gasteiger partial charge in [-0.1, -0.05) is 29.3 Å². The molecule has 0 saturated carbocycles. The molecule has 1 heterocycles. The van der Waals surface area contributed by atoms with Crippen LogP contribution in [-0.4, -0.2) is 9.91 Å². The summed E-state index contributed by atoms with van der Waals surface area (Å²) in [6.07, 6.45) is 3.00. The molecule has 1 aromatic heterocycles. The highest BCUT2D eigenvalue weighted by Crippen LogP contribution is 2.38. The van der Waals surface area contributed by atoms with E-state index >= 15 is 0 Å². The Morgan fingerprint density at radius 1 is 1.29 bits per heavy atom. The van der Waals surface area contributed by atoms with Gasteiger partial charge >= 0.3 is 0 Å². The molecular formula is C14H7Cl2N3O2. The van der Waals surface area contributed by atoms with Crippen LogP contribution in [0, 0.1) is 21.4 Å². The summed E-state index contributed by atoms with van der Waals surface area (Å²) >= 11 is 12.2. The van der Waals surface area contributed by atoms with Gasteiger partial charge in [-0.25, -0.2) is 0 Å². The summed E-state index contributed by atoms with van der Waals surface area (Å²) in [5.41, 5.74) is 0.371. The van der Waals surface area contributed by atoms with Crippen LogP contribution in [0.2, 0.25) is 5.02 Å². The van der Waals surface area contributed by atoms with Crippen molar-refractivity contribution in [2.45, 2.75) is 0 Å². The average Bonchev–Trinajstić information content (AvgIpc) is 2.48. The van der Waals surface area contributed by atoms with Gasteiger partial charge in [-0.15, -0.1) is 0 Å². The number of aromatic nitrogens is 1. The van der Waals surface area contributed by atoms with Crippen LogP contribution in [0.15, 0.2) is 42.7 Å². The number of nitrogens with zero attached hydrogens (tertiary/aromatic N) is 3. The lowest BCUT2D eigenvalue weighted by Gasteiger charge is -2.07. The second-order valence-corrected chi connectivity index (χ2v) is 4.71. The highest BCUT2D eigenvalue weighted by Gasteiger charge is 2.22. The quantitative estimate of drug-likeness (QED) is 0.480. The number of halogens is 2. The van der Waals surface area contributed by atoms with Crippen LogP contribution in [-0.2, 0) is 0 Å². The molecule has 0 aliphatic carbocycles. The molecule has 0 spiro atoms. The van der Waals surface area contributed by atoms with Crippen molar-refractivity contribution in [3.8, 4) is 6.07 Å². The first-order valence-corrected chi connectivity index (χ1v) is 6.45. The van der Waals surface area contributed by atoms with Gasteiger partial charge in [0.15, 0.2) is 0 Å². The van der Waals surface area contributed by atoms with Crippen LogP contribution in [0.4, 0.5) is 5.69 Å². The molecule has 0 N–H and O–H groups in total. The minimum atomic E-state index is -0.592. The molecule has 1 aromatic carbocycles. The number of allylic oxidation sites excluding steroid dienone is 1. The Morgan fingerprint density at radius 2 is 1.95 bits per heavy atom. The lowest BCUT2D eigenvalue weighted by atomic mass is 10.0. The van der Waals surface area contributed by atoms with Gasteiger partial charge in [0.05, 0.1) is 26.1 Å². The first-order valence-electron chi connectivity index (χ1n) is 5.69. The minimum absolute atomic E-state index is 0.0270. The third kappa shape index (κ3) is 3.02. The molecule has 0 unspecified atom stereocenters. The van der Waals surface area contributed by atoms with E-state index < -0.39 is 4.92 Å². The van der Waals surface area contributed by atoms with E-state index in [1.165, 1.54) is 30.6 Å². The molecule has 0 bridgehead atoms. The molecule has 2 rings (SSSR count). The number of nitro groups is 1. The summed E-state index contributed by atoms with van der Waals surface area (Å²) in [6, 6.07) is 9.34. The number of rotatable bonds is 3. The first-order chi connectivity index (χ1) is 10.1. The monoisotopic (exact) mass is 319 g/mol. The molecule has 5 nitrogen and oxygen atoms in total. The van der Waals surface area contributed by atoms with Crippen molar-refractivity contribution in [3.63, 3.8) is 0 Å². The fourth-order valence-electron chi connectivity index (χ4n) is 1.77. The maximum absolute atomic E-state index is 11.1. The van der Waals surface area contributed by atoms with Gasteiger partial charge < -0.3 is 0 Å². The standard InChI is InChI=1S/C14H7Cl2N3O2/c15-11-2-1-3-12(19(20)21)13(11)14(16)10(8-17)9-4-6-18-7-5-9/h1-7H/b14-10+. The third-order valence-corrected chi connectivity index (χ3v) is 3.40. The number of nitro benzene ring substituents is 1. The van der Waals surface area contributed by atoms with E-state index in [9.17, 15) is 15.4 Å². The maximum Gasteiger partial charge on any atom is 0.279 e. The summed E-state index contributed by atoms with van der Waals surface area (Å²) in [5, 5.41) is 20.4. The molecule has 0 saturated heterocycles. The second-order valence-electron chi connectivity index (χ2n) is 3.93. The first kappa shape index (κ1) is 15.0. The van der Waals surface area contributed by atoms with E-state index in [0.29, 0.717) is 5.56 Å². The molecule has 0 aliphatic rings. The molecule has 0 amide bonds. The number of pyridine rings is 1. The van der Waals surface area contributed by atoms with Gasteiger partial charge in [-0.3, -0.25) is 15.1 Å². The lowest BCUT2D eigenvalue weighted by Crippen LogP contribution is -1.95. The van der Waals surface area contributed by atoms with E-state index in [0.717, 1.165) is 0 Å². The van der Waals surface area contributed by atoms with E-state index in [1.54, 1.807) is 12.1 Å². The third-order valence-electron chi connectivity index (χ3n) is 2.71. The largest absolute Gasteiger partial charge is 0.279 e. The molecule has 0 aliphatic heterocycles. The van der Waals surface area contributed by atoms with Gasteiger partial charge in [-0.2, -0.15) is 5.26 Å². The van der Waals surface area contributed by atoms with Crippen LogP contribution in [0.3, 0.4) is 0 Å². The number of hydrogen-bond acceptors (Lipinski definition) is 4. The molecular weight excluding hydrogens is 313 g/mol. The fourth-order valence-corrected chi connectivity index (χ4v) is 2.43. The second kappa shape index (κ2) is 6.35. The van der Waals surface area contributed by atoms with E-state index in [2.05, 4.69) is 4.98 Å².